The van der Waals surface area contributed by atoms with Gasteiger partial charge in [-0.15, -0.1) is 0 Å². The lowest BCUT2D eigenvalue weighted by Gasteiger charge is -2.01. The highest BCUT2D eigenvalue weighted by molar-refractivity contribution is 5.47. The van der Waals surface area contributed by atoms with Gasteiger partial charge in [0.05, 0.1) is 11.1 Å². The fourth-order valence-corrected chi connectivity index (χ4v) is 0.645. The predicted molar refractivity (Wildman–Crippen MR) is 36.5 cm³/mol. The number of pyridine rings is 1. The molecule has 11 heavy (non-hydrogen) atoms. The van der Waals surface area contributed by atoms with Crippen molar-refractivity contribution in [2.75, 3.05) is 5.73 Å². The Balaban J connectivity index is 3.27. The SMILES string of the molecule is Nc1c([N+](=O)[O-])ccc[n+]1[O-]. The molecule has 6 nitrogen and oxygen atoms in total. The highest BCUT2D eigenvalue weighted by Crippen LogP contribution is 2.14. The summed E-state index contributed by atoms with van der Waals surface area (Å²) in [7, 11) is 0. The normalized spacial score (nSPS) is 9.45. The topological polar surface area (TPSA) is 96.1 Å². The third-order valence-corrected chi connectivity index (χ3v) is 1.17. The number of nitro groups is 1. The highest BCUT2D eigenvalue weighted by Gasteiger charge is 2.16. The van der Waals surface area contributed by atoms with Crippen molar-refractivity contribution in [2.24, 2.45) is 0 Å². The molecule has 1 rings (SSSR count). The summed E-state index contributed by atoms with van der Waals surface area (Å²) in [4.78, 5) is 9.44. The van der Waals surface area contributed by atoms with Gasteiger partial charge in [0, 0.05) is 6.07 Å². The number of nitrogen functional groups attached to an aromatic ring is 1. The summed E-state index contributed by atoms with van der Waals surface area (Å²) < 4.78 is 0.248. The third kappa shape index (κ3) is 1.18. The summed E-state index contributed by atoms with van der Waals surface area (Å²) in [5.74, 6) is -0.391. The van der Waals surface area contributed by atoms with E-state index in [-0.39, 0.29) is 10.4 Å². The zero-order chi connectivity index (χ0) is 8.43. The maximum Gasteiger partial charge on any atom is 0.357 e. The molecule has 0 bridgehead atoms. The first-order chi connectivity index (χ1) is 5.13. The second-order valence-electron chi connectivity index (χ2n) is 1.86. The van der Waals surface area contributed by atoms with Crippen molar-refractivity contribution in [3.8, 4) is 0 Å². The van der Waals surface area contributed by atoms with E-state index in [2.05, 4.69) is 0 Å². The molecular weight excluding hydrogens is 150 g/mol. The van der Waals surface area contributed by atoms with Crippen LogP contribution in [0.4, 0.5) is 11.5 Å². The van der Waals surface area contributed by atoms with Crippen molar-refractivity contribution in [2.45, 2.75) is 0 Å². The maximum absolute atomic E-state index is 10.6. The van der Waals surface area contributed by atoms with E-state index in [1.807, 2.05) is 0 Å². The second-order valence-corrected chi connectivity index (χ2v) is 1.86. The molecule has 1 heterocycles. The molecule has 0 aromatic carbocycles. The second kappa shape index (κ2) is 2.41. The van der Waals surface area contributed by atoms with Crippen LogP contribution in [0.25, 0.3) is 0 Å². The van der Waals surface area contributed by atoms with Crippen LogP contribution in [0.3, 0.4) is 0 Å². The van der Waals surface area contributed by atoms with Crippen molar-refractivity contribution < 1.29 is 9.65 Å². The molecule has 2 N–H and O–H groups in total. The van der Waals surface area contributed by atoms with Crippen molar-refractivity contribution >= 4 is 11.5 Å². The van der Waals surface area contributed by atoms with Crippen LogP contribution in [0.1, 0.15) is 0 Å². The first-order valence-corrected chi connectivity index (χ1v) is 2.75. The van der Waals surface area contributed by atoms with Crippen molar-refractivity contribution in [3.63, 3.8) is 0 Å². The molecule has 0 saturated carbocycles. The number of anilines is 1. The number of hydrogen-bond donors (Lipinski definition) is 1. The number of hydrogen-bond acceptors (Lipinski definition) is 4. The van der Waals surface area contributed by atoms with Crippen LogP contribution in [0, 0.1) is 15.3 Å². The van der Waals surface area contributed by atoms with Gasteiger partial charge in [-0.1, -0.05) is 0 Å². The van der Waals surface area contributed by atoms with E-state index in [1.165, 1.54) is 12.1 Å². The summed E-state index contributed by atoms with van der Waals surface area (Å²) in [5.41, 5.74) is 4.72. The Hall–Kier alpha value is -1.85. The van der Waals surface area contributed by atoms with Gasteiger partial charge < -0.3 is 5.21 Å². The summed E-state index contributed by atoms with van der Waals surface area (Å²) in [5, 5.41) is 20.8. The summed E-state index contributed by atoms with van der Waals surface area (Å²) in [6.45, 7) is 0. The van der Waals surface area contributed by atoms with E-state index in [1.54, 1.807) is 0 Å². The Morgan fingerprint density at radius 3 is 2.73 bits per heavy atom. The van der Waals surface area contributed by atoms with E-state index in [0.717, 1.165) is 6.20 Å². The van der Waals surface area contributed by atoms with Crippen LogP contribution in [-0.4, -0.2) is 4.92 Å². The number of aromatic nitrogens is 1. The number of rotatable bonds is 1. The lowest BCUT2D eigenvalue weighted by atomic mass is 10.4. The molecular formula is C5H5N3O3. The molecule has 0 amide bonds. The Labute approximate surface area is 61.6 Å². The first kappa shape index (κ1) is 7.26. The lowest BCUT2D eigenvalue weighted by Crippen LogP contribution is -2.30. The van der Waals surface area contributed by atoms with E-state index < -0.39 is 10.7 Å². The molecule has 0 atom stereocenters. The number of nitrogens with zero attached hydrogens (tertiary/aromatic N) is 2. The monoisotopic (exact) mass is 155 g/mol. The van der Waals surface area contributed by atoms with Crippen molar-refractivity contribution in [3.05, 3.63) is 33.7 Å². The molecule has 0 spiro atoms. The summed E-state index contributed by atoms with van der Waals surface area (Å²) in [6, 6.07) is 2.44. The molecule has 0 saturated heterocycles. The molecule has 1 aromatic heterocycles. The van der Waals surface area contributed by atoms with Crippen LogP contribution >= 0.6 is 0 Å². The van der Waals surface area contributed by atoms with Crippen LogP contribution < -0.4 is 10.5 Å². The molecule has 0 fully saturated rings. The Kier molecular flexibility index (Phi) is 1.59. The fraction of sp³-hybridized carbons (Fsp3) is 0. The smallest absolute Gasteiger partial charge is 0.357 e. The van der Waals surface area contributed by atoms with Crippen molar-refractivity contribution in [1.82, 2.24) is 0 Å². The van der Waals surface area contributed by atoms with E-state index >= 15 is 0 Å². The Bertz CT molecular complexity index is 299. The molecule has 58 valence electrons. The highest BCUT2D eigenvalue weighted by atomic mass is 16.6. The zero-order valence-corrected chi connectivity index (χ0v) is 5.43. The van der Waals surface area contributed by atoms with Gasteiger partial charge in [0.25, 0.3) is 0 Å². The van der Waals surface area contributed by atoms with E-state index in [9.17, 15) is 15.3 Å². The summed E-state index contributed by atoms with van der Waals surface area (Å²) in [6.07, 6.45) is 1.10. The van der Waals surface area contributed by atoms with Gasteiger partial charge in [0.15, 0.2) is 0 Å². The Morgan fingerprint density at radius 2 is 2.27 bits per heavy atom. The molecule has 6 heteroatoms. The van der Waals surface area contributed by atoms with Gasteiger partial charge in [-0.05, 0) is 6.07 Å². The van der Waals surface area contributed by atoms with Crippen LogP contribution in [0.2, 0.25) is 0 Å². The quantitative estimate of drug-likeness (QED) is 0.263. The maximum atomic E-state index is 10.6. The number of nitrogens with two attached hydrogens (primary N) is 1. The molecule has 0 aliphatic carbocycles. The van der Waals surface area contributed by atoms with Crippen molar-refractivity contribution in [1.29, 1.82) is 0 Å². The van der Waals surface area contributed by atoms with E-state index in [4.69, 9.17) is 5.73 Å². The van der Waals surface area contributed by atoms with E-state index in [0.29, 0.717) is 0 Å². The van der Waals surface area contributed by atoms with Crippen LogP contribution in [-0.2, 0) is 0 Å². The van der Waals surface area contributed by atoms with Crippen LogP contribution in [0.15, 0.2) is 18.3 Å². The third-order valence-electron chi connectivity index (χ3n) is 1.17. The minimum Gasteiger partial charge on any atom is -0.710 e. The molecule has 0 aliphatic heterocycles. The van der Waals surface area contributed by atoms with Crippen LogP contribution in [0.5, 0.6) is 0 Å². The van der Waals surface area contributed by atoms with Gasteiger partial charge in [-0.3, -0.25) is 15.8 Å². The average molecular weight is 155 g/mol. The fourth-order valence-electron chi connectivity index (χ4n) is 0.645. The first-order valence-electron chi connectivity index (χ1n) is 2.75. The van der Waals surface area contributed by atoms with Gasteiger partial charge in [0.2, 0.25) is 0 Å². The minimum atomic E-state index is -0.705. The minimum absolute atomic E-state index is 0.248. The molecule has 0 radical (unpaired) electrons. The summed E-state index contributed by atoms with van der Waals surface area (Å²) >= 11 is 0. The predicted octanol–water partition coefficient (Wildman–Crippen LogP) is -0.190. The Morgan fingerprint density at radius 1 is 1.64 bits per heavy atom. The molecule has 1 aromatic rings. The van der Waals surface area contributed by atoms with Gasteiger partial charge in [-0.25, -0.2) is 4.73 Å². The van der Waals surface area contributed by atoms with Gasteiger partial charge in [-0.2, -0.15) is 0 Å². The molecule has 0 unspecified atom stereocenters. The largest absolute Gasteiger partial charge is 0.710 e. The molecule has 0 aliphatic rings. The van der Waals surface area contributed by atoms with Gasteiger partial charge >= 0.3 is 11.5 Å². The van der Waals surface area contributed by atoms with Gasteiger partial charge in [0.1, 0.15) is 0 Å². The standard InChI is InChI=1S/C5H5N3O3/c6-5-4(8(10)11)2-1-3-7(5)9/h1-3H,6H2. The lowest BCUT2D eigenvalue weighted by molar-refractivity contribution is -0.593. The average Bonchev–Trinajstić information content (AvgIpc) is 1.94. The zero-order valence-electron chi connectivity index (χ0n) is 5.43.